The summed E-state index contributed by atoms with van der Waals surface area (Å²) in [4.78, 5) is 7.79. The van der Waals surface area contributed by atoms with E-state index in [1.807, 2.05) is 6.07 Å². The number of aromatic nitrogens is 2. The maximum atomic E-state index is 8.67. The monoisotopic (exact) mass is 204 g/mol. The summed E-state index contributed by atoms with van der Waals surface area (Å²) in [5.41, 5.74) is 0. The number of nitrogens with one attached hydrogen (secondary N) is 2. The molecule has 1 aromatic rings. The molecule has 0 atom stereocenters. The molecule has 0 aromatic carbocycles. The van der Waals surface area contributed by atoms with Crippen LogP contribution in [0.4, 0.5) is 5.82 Å². The summed E-state index contributed by atoms with van der Waals surface area (Å²) in [6, 6.07) is 2.87. The zero-order valence-corrected chi connectivity index (χ0v) is 8.32. The van der Waals surface area contributed by atoms with Crippen LogP contribution in [-0.2, 0) is 0 Å². The lowest BCUT2D eigenvalue weighted by Crippen LogP contribution is -2.35. The maximum Gasteiger partial charge on any atom is 0.234 e. The number of anilines is 1. The van der Waals surface area contributed by atoms with Gasteiger partial charge in [-0.15, -0.1) is 0 Å². The van der Waals surface area contributed by atoms with Gasteiger partial charge in [0.15, 0.2) is 0 Å². The molecule has 2 heterocycles. The van der Waals surface area contributed by atoms with Gasteiger partial charge in [0.05, 0.1) is 1.37 Å². The third kappa shape index (κ3) is 2.64. The second kappa shape index (κ2) is 4.71. The summed E-state index contributed by atoms with van der Waals surface area (Å²) >= 11 is 0. The molecule has 0 aliphatic carbocycles. The van der Waals surface area contributed by atoms with Gasteiger partial charge in [-0.25, -0.2) is 9.97 Å². The van der Waals surface area contributed by atoms with E-state index in [9.17, 15) is 0 Å². The van der Waals surface area contributed by atoms with Gasteiger partial charge in [-0.2, -0.15) is 5.26 Å². The molecule has 1 aliphatic rings. The van der Waals surface area contributed by atoms with Crippen LogP contribution in [0.15, 0.2) is 12.3 Å². The van der Waals surface area contributed by atoms with Crippen molar-refractivity contribution in [2.75, 3.05) is 18.4 Å². The van der Waals surface area contributed by atoms with Crippen molar-refractivity contribution < 1.29 is 1.37 Å². The average molecular weight is 204 g/mol. The first-order chi connectivity index (χ1) is 7.72. The van der Waals surface area contributed by atoms with Crippen LogP contribution < -0.4 is 10.6 Å². The molecular weight excluding hydrogens is 190 g/mol. The standard InChI is InChI=1S/C10H13N5/c11-7-10-13-6-3-9(15-10)14-8-1-4-12-5-2-8/h3,6,8,12H,1-2,4-5H2,(H,13,14,15)/i8D. The predicted octanol–water partition coefficient (Wildman–Crippen LogP) is 0.512. The number of hydrogen-bond donors (Lipinski definition) is 2. The van der Waals surface area contributed by atoms with E-state index in [1.54, 1.807) is 6.07 Å². The Labute approximate surface area is 90.0 Å². The van der Waals surface area contributed by atoms with E-state index >= 15 is 0 Å². The van der Waals surface area contributed by atoms with Crippen LogP contribution >= 0.6 is 0 Å². The molecule has 5 heteroatoms. The molecule has 0 saturated carbocycles. The van der Waals surface area contributed by atoms with Crippen molar-refractivity contribution in [3.8, 4) is 6.07 Å². The van der Waals surface area contributed by atoms with E-state index < -0.39 is 6.02 Å². The molecular formula is C10H13N5. The molecule has 1 fully saturated rings. The summed E-state index contributed by atoms with van der Waals surface area (Å²) in [5.74, 6) is 0.672. The van der Waals surface area contributed by atoms with E-state index in [1.165, 1.54) is 6.20 Å². The summed E-state index contributed by atoms with van der Waals surface area (Å²) in [6.45, 7) is 1.65. The smallest absolute Gasteiger partial charge is 0.234 e. The topological polar surface area (TPSA) is 73.6 Å². The van der Waals surface area contributed by atoms with Crippen LogP contribution in [0.2, 0.25) is 0 Å². The lowest BCUT2D eigenvalue weighted by Gasteiger charge is -2.23. The molecule has 15 heavy (non-hydrogen) atoms. The zero-order valence-electron chi connectivity index (χ0n) is 9.32. The molecule has 1 saturated heterocycles. The van der Waals surface area contributed by atoms with Crippen molar-refractivity contribution in [1.82, 2.24) is 15.3 Å². The Kier molecular flexibility index (Phi) is 2.71. The number of nitriles is 1. The molecule has 1 aromatic heterocycles. The highest BCUT2D eigenvalue weighted by atomic mass is 15.1. The minimum atomic E-state index is -0.688. The third-order valence-corrected chi connectivity index (χ3v) is 2.27. The Balaban J connectivity index is 2.10. The molecule has 0 amide bonds. The highest BCUT2D eigenvalue weighted by molar-refractivity contribution is 5.36. The first-order valence-electron chi connectivity index (χ1n) is 5.44. The fourth-order valence-electron chi connectivity index (χ4n) is 1.52. The van der Waals surface area contributed by atoms with Crippen LogP contribution in [-0.4, -0.2) is 29.1 Å². The molecule has 0 spiro atoms. The quantitative estimate of drug-likeness (QED) is 0.734. The van der Waals surface area contributed by atoms with Gasteiger partial charge < -0.3 is 10.6 Å². The van der Waals surface area contributed by atoms with Crippen LogP contribution in [0.3, 0.4) is 0 Å². The van der Waals surface area contributed by atoms with E-state index in [2.05, 4.69) is 20.6 Å². The van der Waals surface area contributed by atoms with E-state index in [4.69, 9.17) is 6.63 Å². The van der Waals surface area contributed by atoms with Crippen LogP contribution in [0.25, 0.3) is 0 Å². The molecule has 1 aliphatic heterocycles. The lowest BCUT2D eigenvalue weighted by molar-refractivity contribution is 0.478. The van der Waals surface area contributed by atoms with E-state index in [0.29, 0.717) is 5.82 Å². The SMILES string of the molecule is [2H]C1(Nc2ccnc(C#N)n2)CCNCC1. The van der Waals surface area contributed by atoms with Crippen LogP contribution in [0.1, 0.15) is 20.0 Å². The predicted molar refractivity (Wildman–Crippen MR) is 56.3 cm³/mol. The van der Waals surface area contributed by atoms with Crippen molar-refractivity contribution in [2.24, 2.45) is 0 Å². The summed E-state index contributed by atoms with van der Waals surface area (Å²) in [7, 11) is 0. The molecule has 0 radical (unpaired) electrons. The van der Waals surface area contributed by atoms with Crippen molar-refractivity contribution in [3.63, 3.8) is 0 Å². The first-order valence-corrected chi connectivity index (χ1v) is 4.94. The van der Waals surface area contributed by atoms with Crippen molar-refractivity contribution in [2.45, 2.75) is 18.9 Å². The summed E-state index contributed by atoms with van der Waals surface area (Å²) in [6.07, 6.45) is 2.97. The van der Waals surface area contributed by atoms with Gasteiger partial charge in [0.1, 0.15) is 11.9 Å². The van der Waals surface area contributed by atoms with Gasteiger partial charge in [-0.05, 0) is 32.0 Å². The molecule has 2 N–H and O–H groups in total. The third-order valence-electron chi connectivity index (χ3n) is 2.27. The van der Waals surface area contributed by atoms with Gasteiger partial charge >= 0.3 is 0 Å². The maximum absolute atomic E-state index is 8.67. The number of hydrogen-bond acceptors (Lipinski definition) is 5. The van der Waals surface area contributed by atoms with Crippen molar-refractivity contribution in [1.29, 1.82) is 5.26 Å². The normalized spacial score (nSPS) is 20.1. The number of rotatable bonds is 2. The molecule has 5 nitrogen and oxygen atoms in total. The fourth-order valence-corrected chi connectivity index (χ4v) is 1.52. The Hall–Kier alpha value is -1.67. The van der Waals surface area contributed by atoms with Gasteiger partial charge in [0.25, 0.3) is 0 Å². The highest BCUT2D eigenvalue weighted by Gasteiger charge is 2.12. The van der Waals surface area contributed by atoms with E-state index in [-0.39, 0.29) is 5.82 Å². The Morgan fingerprint density at radius 3 is 3.13 bits per heavy atom. The summed E-state index contributed by atoms with van der Waals surface area (Å²) < 4.78 is 8.19. The number of piperidine rings is 1. The minimum Gasteiger partial charge on any atom is -0.367 e. The van der Waals surface area contributed by atoms with Crippen LogP contribution in [0.5, 0.6) is 0 Å². The minimum absolute atomic E-state index is 0.127. The second-order valence-electron chi connectivity index (χ2n) is 3.36. The average Bonchev–Trinajstić information content (AvgIpc) is 2.29. The lowest BCUT2D eigenvalue weighted by atomic mass is 10.1. The first kappa shape index (κ1) is 8.62. The molecule has 2 rings (SSSR count). The molecule has 0 unspecified atom stereocenters. The Morgan fingerprint density at radius 1 is 1.60 bits per heavy atom. The van der Waals surface area contributed by atoms with Crippen LogP contribution in [0, 0.1) is 11.3 Å². The van der Waals surface area contributed by atoms with Crippen molar-refractivity contribution in [3.05, 3.63) is 18.1 Å². The summed E-state index contributed by atoms with van der Waals surface area (Å²) in [5, 5.41) is 14.9. The highest BCUT2D eigenvalue weighted by Crippen LogP contribution is 2.10. The Morgan fingerprint density at radius 2 is 2.40 bits per heavy atom. The fraction of sp³-hybridized carbons (Fsp3) is 0.500. The van der Waals surface area contributed by atoms with Gasteiger partial charge in [-0.1, -0.05) is 0 Å². The van der Waals surface area contributed by atoms with Crippen molar-refractivity contribution >= 4 is 5.82 Å². The van der Waals surface area contributed by atoms with E-state index in [0.717, 1.165) is 25.9 Å². The number of nitrogens with zero attached hydrogens (tertiary/aromatic N) is 3. The zero-order chi connectivity index (χ0) is 11.4. The molecule has 0 bridgehead atoms. The molecule has 78 valence electrons. The largest absolute Gasteiger partial charge is 0.367 e. The van der Waals surface area contributed by atoms with Gasteiger partial charge in [-0.3, -0.25) is 0 Å². The second-order valence-corrected chi connectivity index (χ2v) is 3.36. The Bertz CT molecular complexity index is 408. The van der Waals surface area contributed by atoms with Gasteiger partial charge in [0.2, 0.25) is 5.82 Å². The van der Waals surface area contributed by atoms with Gasteiger partial charge in [0, 0.05) is 12.2 Å².